The zero-order chi connectivity index (χ0) is 14.7. The van der Waals surface area contributed by atoms with Gasteiger partial charge in [0.15, 0.2) is 0 Å². The first-order chi connectivity index (χ1) is 10.3. The second kappa shape index (κ2) is 6.67. The molecule has 112 valence electrons. The first-order valence-corrected chi connectivity index (χ1v) is 8.27. The zero-order valence-corrected chi connectivity index (χ0v) is 13.8. The van der Waals surface area contributed by atoms with Crippen LogP contribution < -0.4 is 10.1 Å². The third-order valence-corrected chi connectivity index (χ3v) is 4.44. The van der Waals surface area contributed by atoms with E-state index in [9.17, 15) is 0 Å². The standard InChI is InChI=1S/C17H21BrN2O/c1-19-17(13-5-6-13)14-7-8-20(12-14)9-10-21-16-4-2-3-15(18)11-16/h2-4,7-8,11-13,17,19H,5-6,9-10H2,1H3. The molecule has 21 heavy (non-hydrogen) atoms. The topological polar surface area (TPSA) is 26.2 Å². The van der Waals surface area contributed by atoms with Crippen LogP contribution in [0.4, 0.5) is 0 Å². The fourth-order valence-corrected chi connectivity index (χ4v) is 3.09. The van der Waals surface area contributed by atoms with Gasteiger partial charge in [-0.3, -0.25) is 0 Å². The van der Waals surface area contributed by atoms with Gasteiger partial charge in [0.2, 0.25) is 0 Å². The Morgan fingerprint density at radius 1 is 1.38 bits per heavy atom. The van der Waals surface area contributed by atoms with Gasteiger partial charge in [0.1, 0.15) is 12.4 Å². The van der Waals surface area contributed by atoms with E-state index in [1.165, 1.54) is 18.4 Å². The number of aromatic nitrogens is 1. The number of benzene rings is 1. The number of hydrogen-bond donors (Lipinski definition) is 1. The molecule has 0 spiro atoms. The highest BCUT2D eigenvalue weighted by Crippen LogP contribution is 2.40. The predicted octanol–water partition coefficient (Wildman–Crippen LogP) is 4.00. The van der Waals surface area contributed by atoms with Gasteiger partial charge >= 0.3 is 0 Å². The van der Waals surface area contributed by atoms with Crippen LogP contribution in [0.15, 0.2) is 47.2 Å². The van der Waals surface area contributed by atoms with E-state index in [4.69, 9.17) is 4.74 Å². The van der Waals surface area contributed by atoms with E-state index < -0.39 is 0 Å². The molecule has 0 bridgehead atoms. The Kier molecular flexibility index (Phi) is 4.66. The Morgan fingerprint density at radius 3 is 2.95 bits per heavy atom. The van der Waals surface area contributed by atoms with Gasteiger partial charge in [-0.15, -0.1) is 0 Å². The number of nitrogens with zero attached hydrogens (tertiary/aromatic N) is 1. The summed E-state index contributed by atoms with van der Waals surface area (Å²) >= 11 is 3.45. The third-order valence-electron chi connectivity index (χ3n) is 3.95. The summed E-state index contributed by atoms with van der Waals surface area (Å²) in [5, 5.41) is 3.43. The molecule has 1 N–H and O–H groups in total. The third kappa shape index (κ3) is 3.89. The number of halogens is 1. The lowest BCUT2D eigenvalue weighted by atomic mass is 10.1. The molecule has 0 amide bonds. The van der Waals surface area contributed by atoms with E-state index in [1.54, 1.807) is 0 Å². The lowest BCUT2D eigenvalue weighted by molar-refractivity contribution is 0.298. The smallest absolute Gasteiger partial charge is 0.120 e. The van der Waals surface area contributed by atoms with E-state index in [0.29, 0.717) is 12.6 Å². The van der Waals surface area contributed by atoms with Gasteiger partial charge in [0, 0.05) is 22.9 Å². The summed E-state index contributed by atoms with van der Waals surface area (Å²) in [6.07, 6.45) is 7.08. The summed E-state index contributed by atoms with van der Waals surface area (Å²) in [4.78, 5) is 0. The van der Waals surface area contributed by atoms with E-state index >= 15 is 0 Å². The Morgan fingerprint density at radius 2 is 2.24 bits per heavy atom. The molecule has 1 fully saturated rings. The van der Waals surface area contributed by atoms with Crippen LogP contribution in [0, 0.1) is 5.92 Å². The van der Waals surface area contributed by atoms with Crippen molar-refractivity contribution >= 4 is 15.9 Å². The molecule has 3 rings (SSSR count). The van der Waals surface area contributed by atoms with Crippen molar-refractivity contribution in [3.05, 3.63) is 52.8 Å². The SMILES string of the molecule is CNC(c1ccn(CCOc2cccc(Br)c2)c1)C1CC1. The van der Waals surface area contributed by atoms with Crippen molar-refractivity contribution < 1.29 is 4.74 Å². The first-order valence-electron chi connectivity index (χ1n) is 7.47. The first kappa shape index (κ1) is 14.7. The van der Waals surface area contributed by atoms with Crippen LogP contribution >= 0.6 is 15.9 Å². The summed E-state index contributed by atoms with van der Waals surface area (Å²) in [5.41, 5.74) is 1.39. The van der Waals surface area contributed by atoms with E-state index in [0.717, 1.165) is 22.7 Å². The molecular weight excluding hydrogens is 328 g/mol. The van der Waals surface area contributed by atoms with Crippen LogP contribution in [-0.4, -0.2) is 18.2 Å². The quantitative estimate of drug-likeness (QED) is 0.818. The summed E-state index contributed by atoms with van der Waals surface area (Å²) in [7, 11) is 2.05. The molecule has 1 aliphatic carbocycles. The molecule has 1 atom stereocenters. The lowest BCUT2D eigenvalue weighted by Gasteiger charge is -2.13. The van der Waals surface area contributed by atoms with E-state index in [-0.39, 0.29) is 0 Å². The van der Waals surface area contributed by atoms with Crippen LogP contribution in [0.25, 0.3) is 0 Å². The Bertz CT molecular complexity index is 592. The Labute approximate surface area is 134 Å². The summed E-state index contributed by atoms with van der Waals surface area (Å²) in [6, 6.07) is 10.7. The maximum Gasteiger partial charge on any atom is 0.120 e. The van der Waals surface area contributed by atoms with Crippen LogP contribution in [0.2, 0.25) is 0 Å². The van der Waals surface area contributed by atoms with Gasteiger partial charge < -0.3 is 14.6 Å². The highest BCUT2D eigenvalue weighted by Gasteiger charge is 2.31. The zero-order valence-electron chi connectivity index (χ0n) is 12.3. The fourth-order valence-electron chi connectivity index (χ4n) is 2.71. The van der Waals surface area contributed by atoms with Crippen molar-refractivity contribution in [3.63, 3.8) is 0 Å². The molecule has 0 aliphatic heterocycles. The largest absolute Gasteiger partial charge is 0.492 e. The molecular formula is C17H21BrN2O. The molecule has 1 unspecified atom stereocenters. The minimum Gasteiger partial charge on any atom is -0.492 e. The molecule has 1 aromatic heterocycles. The second-order valence-electron chi connectivity index (χ2n) is 5.59. The molecule has 1 aromatic carbocycles. The van der Waals surface area contributed by atoms with Gasteiger partial charge in [0.05, 0.1) is 6.54 Å². The molecule has 0 radical (unpaired) electrons. The molecule has 2 aromatic rings. The van der Waals surface area contributed by atoms with E-state index in [1.807, 2.05) is 24.3 Å². The molecule has 1 saturated carbocycles. The van der Waals surface area contributed by atoms with Crippen molar-refractivity contribution in [3.8, 4) is 5.75 Å². The van der Waals surface area contributed by atoms with Crippen molar-refractivity contribution in [1.29, 1.82) is 0 Å². The highest BCUT2D eigenvalue weighted by molar-refractivity contribution is 9.10. The minimum absolute atomic E-state index is 0.511. The van der Waals surface area contributed by atoms with Crippen LogP contribution in [0.5, 0.6) is 5.75 Å². The van der Waals surface area contributed by atoms with Crippen LogP contribution in [0.3, 0.4) is 0 Å². The second-order valence-corrected chi connectivity index (χ2v) is 6.51. The van der Waals surface area contributed by atoms with Crippen molar-refractivity contribution in [2.24, 2.45) is 5.92 Å². The lowest BCUT2D eigenvalue weighted by Crippen LogP contribution is -2.17. The van der Waals surface area contributed by atoms with Gasteiger partial charge in [-0.1, -0.05) is 22.0 Å². The number of rotatable bonds is 7. The summed E-state index contributed by atoms with van der Waals surface area (Å²) in [6.45, 7) is 1.55. The maximum absolute atomic E-state index is 5.78. The van der Waals surface area contributed by atoms with Crippen molar-refractivity contribution in [2.45, 2.75) is 25.4 Å². The predicted molar refractivity (Wildman–Crippen MR) is 88.6 cm³/mol. The summed E-state index contributed by atoms with van der Waals surface area (Å²) < 4.78 is 9.03. The van der Waals surface area contributed by atoms with Gasteiger partial charge in [-0.25, -0.2) is 0 Å². The van der Waals surface area contributed by atoms with Crippen LogP contribution in [0.1, 0.15) is 24.4 Å². The monoisotopic (exact) mass is 348 g/mol. The molecule has 4 heteroatoms. The maximum atomic E-state index is 5.78. The average molecular weight is 349 g/mol. The van der Waals surface area contributed by atoms with Gasteiger partial charge in [-0.2, -0.15) is 0 Å². The average Bonchev–Trinajstić information content (AvgIpc) is 3.20. The molecule has 0 saturated heterocycles. The Balaban J connectivity index is 1.52. The normalized spacial score (nSPS) is 15.9. The number of nitrogens with one attached hydrogen (secondary N) is 1. The fraction of sp³-hybridized carbons (Fsp3) is 0.412. The molecule has 3 nitrogen and oxygen atoms in total. The van der Waals surface area contributed by atoms with Crippen molar-refractivity contribution in [1.82, 2.24) is 9.88 Å². The molecule has 1 heterocycles. The van der Waals surface area contributed by atoms with Gasteiger partial charge in [-0.05, 0) is 55.6 Å². The van der Waals surface area contributed by atoms with E-state index in [2.05, 4.69) is 51.3 Å². The number of ether oxygens (including phenoxy) is 1. The highest BCUT2D eigenvalue weighted by atomic mass is 79.9. The minimum atomic E-state index is 0.511. The summed E-state index contributed by atoms with van der Waals surface area (Å²) in [5.74, 6) is 1.73. The van der Waals surface area contributed by atoms with Crippen molar-refractivity contribution in [2.75, 3.05) is 13.7 Å². The van der Waals surface area contributed by atoms with Crippen LogP contribution in [-0.2, 0) is 6.54 Å². The molecule has 1 aliphatic rings. The Hall–Kier alpha value is -1.26. The number of hydrogen-bond acceptors (Lipinski definition) is 2. The van der Waals surface area contributed by atoms with Gasteiger partial charge in [0.25, 0.3) is 0 Å².